The minimum atomic E-state index is -1.05. The van der Waals surface area contributed by atoms with Crippen LogP contribution in [0.1, 0.15) is 31.0 Å². The smallest absolute Gasteiger partial charge is 0.248 e. The maximum absolute atomic E-state index is 14.1. The van der Waals surface area contributed by atoms with Gasteiger partial charge in [0.05, 0.1) is 23.3 Å². The standard InChI is InChI=1S/C20H17F2N3O/c1-11(2)19-14-5-3-4-6-16(14)25(24-19)10-12-9-17(26)23-20-13(12)7-8-15(21)18(20)22/h3-9,11H,10H2,1-2H3,(H,23,26). The highest BCUT2D eigenvalue weighted by Gasteiger charge is 2.16. The number of rotatable bonds is 3. The average Bonchev–Trinajstić information content (AvgIpc) is 2.98. The summed E-state index contributed by atoms with van der Waals surface area (Å²) in [7, 11) is 0. The van der Waals surface area contributed by atoms with Gasteiger partial charge in [-0.05, 0) is 29.7 Å². The SMILES string of the molecule is CC(C)c1nn(Cc2cc(=O)[nH]c3c(F)c(F)ccc23)c2ccccc12. The molecule has 2 aromatic carbocycles. The lowest BCUT2D eigenvalue weighted by Crippen LogP contribution is -2.11. The Kier molecular flexibility index (Phi) is 3.83. The highest BCUT2D eigenvalue weighted by molar-refractivity contribution is 5.84. The van der Waals surface area contributed by atoms with E-state index in [1.807, 2.05) is 24.3 Å². The van der Waals surface area contributed by atoms with Gasteiger partial charge >= 0.3 is 0 Å². The molecular weight excluding hydrogens is 336 g/mol. The summed E-state index contributed by atoms with van der Waals surface area (Å²) in [5.41, 5.74) is 1.90. The number of fused-ring (bicyclic) bond motifs is 2. The maximum atomic E-state index is 14.1. The van der Waals surface area contributed by atoms with Crippen LogP contribution < -0.4 is 5.56 Å². The fourth-order valence-corrected chi connectivity index (χ4v) is 3.33. The van der Waals surface area contributed by atoms with E-state index in [4.69, 9.17) is 5.10 Å². The lowest BCUT2D eigenvalue weighted by atomic mass is 10.1. The van der Waals surface area contributed by atoms with Gasteiger partial charge in [-0.3, -0.25) is 9.48 Å². The summed E-state index contributed by atoms with van der Waals surface area (Å²) >= 11 is 0. The van der Waals surface area contributed by atoms with Gasteiger partial charge in [-0.2, -0.15) is 5.10 Å². The van der Waals surface area contributed by atoms with Gasteiger partial charge in [-0.25, -0.2) is 8.78 Å². The van der Waals surface area contributed by atoms with Crippen LogP contribution in [-0.2, 0) is 6.54 Å². The van der Waals surface area contributed by atoms with Crippen molar-refractivity contribution < 1.29 is 8.78 Å². The Morgan fingerprint density at radius 3 is 2.65 bits per heavy atom. The third-order valence-corrected chi connectivity index (χ3v) is 4.55. The number of benzene rings is 2. The Labute approximate surface area is 148 Å². The number of pyridine rings is 1. The normalized spacial score (nSPS) is 11.7. The number of halogens is 2. The van der Waals surface area contributed by atoms with E-state index in [1.165, 1.54) is 12.1 Å². The number of nitrogens with zero attached hydrogens (tertiary/aromatic N) is 2. The van der Waals surface area contributed by atoms with E-state index < -0.39 is 17.2 Å². The molecule has 2 aromatic heterocycles. The molecule has 0 atom stereocenters. The second-order valence-corrected chi connectivity index (χ2v) is 6.66. The lowest BCUT2D eigenvalue weighted by molar-refractivity contribution is 0.515. The zero-order valence-electron chi connectivity index (χ0n) is 14.4. The minimum Gasteiger partial charge on any atom is -0.319 e. The largest absolute Gasteiger partial charge is 0.319 e. The summed E-state index contributed by atoms with van der Waals surface area (Å²) in [4.78, 5) is 14.3. The molecule has 4 rings (SSSR count). The molecule has 2 heterocycles. The van der Waals surface area contributed by atoms with Gasteiger partial charge in [-0.1, -0.05) is 32.0 Å². The third kappa shape index (κ3) is 2.58. The van der Waals surface area contributed by atoms with Crippen molar-refractivity contribution in [2.75, 3.05) is 0 Å². The predicted molar refractivity (Wildman–Crippen MR) is 97.4 cm³/mol. The summed E-state index contributed by atoms with van der Waals surface area (Å²) in [5, 5.41) is 6.21. The van der Waals surface area contributed by atoms with Crippen LogP contribution in [0, 0.1) is 11.6 Å². The van der Waals surface area contributed by atoms with Crippen LogP contribution in [0.25, 0.3) is 21.8 Å². The van der Waals surface area contributed by atoms with E-state index in [0.717, 1.165) is 22.7 Å². The molecule has 0 aliphatic carbocycles. The Bertz CT molecular complexity index is 1190. The maximum Gasteiger partial charge on any atom is 0.248 e. The number of para-hydroxylation sites is 1. The highest BCUT2D eigenvalue weighted by atomic mass is 19.2. The molecule has 0 saturated heterocycles. The molecule has 0 amide bonds. The molecule has 132 valence electrons. The molecule has 0 radical (unpaired) electrons. The quantitative estimate of drug-likeness (QED) is 0.596. The number of hydrogen-bond donors (Lipinski definition) is 1. The fraction of sp³-hybridized carbons (Fsp3) is 0.200. The van der Waals surface area contributed by atoms with Crippen LogP contribution in [0.2, 0.25) is 0 Å². The Hall–Kier alpha value is -3.02. The van der Waals surface area contributed by atoms with Gasteiger partial charge in [0.25, 0.3) is 0 Å². The van der Waals surface area contributed by atoms with Crippen LogP contribution in [0.5, 0.6) is 0 Å². The number of nitrogens with one attached hydrogen (secondary N) is 1. The highest BCUT2D eigenvalue weighted by Crippen LogP contribution is 2.27. The van der Waals surface area contributed by atoms with E-state index in [2.05, 4.69) is 18.8 Å². The molecule has 4 nitrogen and oxygen atoms in total. The van der Waals surface area contributed by atoms with Gasteiger partial charge in [0.1, 0.15) is 0 Å². The van der Waals surface area contributed by atoms with Crippen LogP contribution in [0.4, 0.5) is 8.78 Å². The zero-order chi connectivity index (χ0) is 18.4. The van der Waals surface area contributed by atoms with E-state index >= 15 is 0 Å². The van der Waals surface area contributed by atoms with Crippen molar-refractivity contribution in [1.82, 2.24) is 14.8 Å². The van der Waals surface area contributed by atoms with Gasteiger partial charge in [0.2, 0.25) is 5.56 Å². The predicted octanol–water partition coefficient (Wildman–Crippen LogP) is 4.33. The number of aromatic amines is 1. The van der Waals surface area contributed by atoms with Crippen molar-refractivity contribution in [1.29, 1.82) is 0 Å². The van der Waals surface area contributed by atoms with E-state index in [9.17, 15) is 13.6 Å². The molecule has 0 fully saturated rings. The second kappa shape index (κ2) is 6.05. The molecule has 6 heteroatoms. The van der Waals surface area contributed by atoms with E-state index in [-0.39, 0.29) is 11.4 Å². The lowest BCUT2D eigenvalue weighted by Gasteiger charge is -2.09. The van der Waals surface area contributed by atoms with Crippen molar-refractivity contribution in [3.05, 3.63) is 75.7 Å². The fourth-order valence-electron chi connectivity index (χ4n) is 3.33. The second-order valence-electron chi connectivity index (χ2n) is 6.66. The van der Waals surface area contributed by atoms with Crippen LogP contribution in [0.15, 0.2) is 47.3 Å². The van der Waals surface area contributed by atoms with Crippen LogP contribution >= 0.6 is 0 Å². The molecule has 0 saturated carbocycles. The van der Waals surface area contributed by atoms with Crippen molar-refractivity contribution in [3.63, 3.8) is 0 Å². The molecule has 0 bridgehead atoms. The van der Waals surface area contributed by atoms with Gasteiger partial charge in [0.15, 0.2) is 11.6 Å². The van der Waals surface area contributed by atoms with Crippen molar-refractivity contribution in [2.24, 2.45) is 0 Å². The first-order valence-corrected chi connectivity index (χ1v) is 8.41. The number of H-pyrrole nitrogens is 1. The number of aromatic nitrogens is 3. The zero-order valence-corrected chi connectivity index (χ0v) is 14.4. The van der Waals surface area contributed by atoms with Crippen molar-refractivity contribution >= 4 is 21.8 Å². The van der Waals surface area contributed by atoms with Gasteiger partial charge in [0, 0.05) is 16.8 Å². The Morgan fingerprint density at radius 2 is 1.88 bits per heavy atom. The minimum absolute atomic E-state index is 0.118. The summed E-state index contributed by atoms with van der Waals surface area (Å²) < 4.78 is 29.4. The first kappa shape index (κ1) is 16.4. The summed E-state index contributed by atoms with van der Waals surface area (Å²) in [6.07, 6.45) is 0. The Morgan fingerprint density at radius 1 is 1.12 bits per heavy atom. The molecule has 1 N–H and O–H groups in total. The monoisotopic (exact) mass is 353 g/mol. The summed E-state index contributed by atoms with van der Waals surface area (Å²) in [6, 6.07) is 11.8. The van der Waals surface area contributed by atoms with Crippen LogP contribution in [-0.4, -0.2) is 14.8 Å². The van der Waals surface area contributed by atoms with Gasteiger partial charge < -0.3 is 4.98 Å². The Balaban J connectivity index is 1.93. The van der Waals surface area contributed by atoms with Gasteiger partial charge in [-0.15, -0.1) is 0 Å². The molecule has 0 aliphatic rings. The first-order chi connectivity index (χ1) is 12.5. The first-order valence-electron chi connectivity index (χ1n) is 8.41. The topological polar surface area (TPSA) is 50.7 Å². The van der Waals surface area contributed by atoms with Crippen LogP contribution in [0.3, 0.4) is 0 Å². The van der Waals surface area contributed by atoms with E-state index in [1.54, 1.807) is 4.68 Å². The number of hydrogen-bond acceptors (Lipinski definition) is 2. The molecule has 0 spiro atoms. The molecule has 0 aliphatic heterocycles. The third-order valence-electron chi connectivity index (χ3n) is 4.55. The van der Waals surface area contributed by atoms with E-state index in [0.29, 0.717) is 17.5 Å². The van der Waals surface area contributed by atoms with Crippen molar-refractivity contribution in [3.8, 4) is 0 Å². The van der Waals surface area contributed by atoms with Crippen molar-refractivity contribution in [2.45, 2.75) is 26.3 Å². The molecule has 4 aromatic rings. The summed E-state index contributed by atoms with van der Waals surface area (Å²) in [5.74, 6) is -1.80. The molecular formula is C20H17F2N3O. The average molecular weight is 353 g/mol. The summed E-state index contributed by atoms with van der Waals surface area (Å²) in [6.45, 7) is 4.43. The molecule has 26 heavy (non-hydrogen) atoms. The molecule has 0 unspecified atom stereocenters.